The van der Waals surface area contributed by atoms with Gasteiger partial charge in [0.05, 0.1) is 35.9 Å². The number of Topliss-reactive ketones (excluding diaryl/α,β-unsaturated/α-hetero) is 1. The van der Waals surface area contributed by atoms with Gasteiger partial charge in [0.25, 0.3) is 5.56 Å². The summed E-state index contributed by atoms with van der Waals surface area (Å²) in [6.07, 6.45) is 1.45. The number of carbonyl (C=O) groups excluding carboxylic acids is 2. The average molecular weight is 398 g/mol. The molecule has 0 saturated heterocycles. The molecule has 0 saturated carbocycles. The number of urea groups is 1. The van der Waals surface area contributed by atoms with Crippen LogP contribution in [0.2, 0.25) is 0 Å². The fourth-order valence-corrected chi connectivity index (χ4v) is 2.75. The molecule has 0 unspecified atom stereocenters. The molecule has 1 aromatic heterocycles. The van der Waals surface area contributed by atoms with E-state index in [1.165, 1.54) is 36.0 Å². The summed E-state index contributed by atoms with van der Waals surface area (Å²) in [6, 6.07) is 7.87. The van der Waals surface area contributed by atoms with Gasteiger partial charge in [-0.25, -0.2) is 14.2 Å². The Balaban J connectivity index is 1.80. The van der Waals surface area contributed by atoms with Gasteiger partial charge in [0.15, 0.2) is 5.78 Å². The number of rotatable bonds is 6. The molecular weight excluding hydrogens is 379 g/mol. The smallest absolute Gasteiger partial charge is 0.323 e. The number of benzene rings is 2. The zero-order chi connectivity index (χ0) is 21.0. The van der Waals surface area contributed by atoms with Gasteiger partial charge in [-0.05, 0) is 43.3 Å². The third kappa shape index (κ3) is 4.64. The number of hydrogen-bond acceptors (Lipinski definition) is 5. The SMILES string of the molecule is COCCn1cnc2ccc(NC(=O)Nc3ccc(F)c(C(C)=O)c3)cc2c1=O. The highest BCUT2D eigenvalue weighted by molar-refractivity contribution is 6.02. The lowest BCUT2D eigenvalue weighted by Crippen LogP contribution is -2.23. The second-order valence-corrected chi connectivity index (χ2v) is 6.30. The summed E-state index contributed by atoms with van der Waals surface area (Å²) >= 11 is 0. The van der Waals surface area contributed by atoms with Crippen LogP contribution in [0, 0.1) is 5.82 Å². The number of amides is 2. The number of anilines is 2. The summed E-state index contributed by atoms with van der Waals surface area (Å²) in [6.45, 7) is 1.97. The molecule has 29 heavy (non-hydrogen) atoms. The summed E-state index contributed by atoms with van der Waals surface area (Å²) in [5, 5.41) is 5.49. The van der Waals surface area contributed by atoms with Crippen molar-refractivity contribution >= 4 is 34.1 Å². The molecule has 1 heterocycles. The third-order valence-corrected chi connectivity index (χ3v) is 4.22. The predicted molar refractivity (Wildman–Crippen MR) is 107 cm³/mol. The quantitative estimate of drug-likeness (QED) is 0.622. The Morgan fingerprint density at radius 3 is 2.52 bits per heavy atom. The molecule has 3 rings (SSSR count). The van der Waals surface area contributed by atoms with Gasteiger partial charge < -0.3 is 15.4 Å². The number of methoxy groups -OCH3 is 1. The summed E-state index contributed by atoms with van der Waals surface area (Å²) < 4.78 is 20.0. The zero-order valence-corrected chi connectivity index (χ0v) is 15.9. The first-order chi connectivity index (χ1) is 13.9. The van der Waals surface area contributed by atoms with E-state index in [1.54, 1.807) is 19.2 Å². The summed E-state index contributed by atoms with van der Waals surface area (Å²) in [4.78, 5) is 40.5. The topological polar surface area (TPSA) is 102 Å². The molecule has 150 valence electrons. The van der Waals surface area contributed by atoms with E-state index in [4.69, 9.17) is 4.74 Å². The molecule has 0 aliphatic carbocycles. The largest absolute Gasteiger partial charge is 0.383 e. The van der Waals surface area contributed by atoms with Crippen molar-refractivity contribution in [1.29, 1.82) is 0 Å². The van der Waals surface area contributed by atoms with E-state index in [9.17, 15) is 18.8 Å². The lowest BCUT2D eigenvalue weighted by atomic mass is 10.1. The standard InChI is InChI=1S/C20H19FN4O4/c1-12(26)15-9-13(3-5-17(15)21)23-20(28)24-14-4-6-18-16(10-14)19(27)25(11-22-18)7-8-29-2/h3-6,9-11H,7-8H2,1-2H3,(H2,23,24,28). The molecule has 0 fully saturated rings. The molecule has 0 aliphatic heterocycles. The number of nitrogens with zero attached hydrogens (tertiary/aromatic N) is 2. The molecule has 9 heteroatoms. The van der Waals surface area contributed by atoms with E-state index in [1.807, 2.05) is 0 Å². The van der Waals surface area contributed by atoms with Gasteiger partial charge in [-0.3, -0.25) is 14.2 Å². The van der Waals surface area contributed by atoms with E-state index in [0.717, 1.165) is 6.07 Å². The number of hydrogen-bond donors (Lipinski definition) is 2. The molecule has 0 bridgehead atoms. The van der Waals surface area contributed by atoms with Crippen molar-refractivity contribution in [3.05, 3.63) is 64.5 Å². The van der Waals surface area contributed by atoms with Gasteiger partial charge in [0.2, 0.25) is 0 Å². The Hall–Kier alpha value is -3.59. The Bertz CT molecular complexity index is 1140. The number of nitrogens with one attached hydrogen (secondary N) is 2. The van der Waals surface area contributed by atoms with Crippen molar-refractivity contribution in [2.45, 2.75) is 13.5 Å². The van der Waals surface area contributed by atoms with Crippen molar-refractivity contribution in [3.63, 3.8) is 0 Å². The Kier molecular flexibility index (Phi) is 5.99. The van der Waals surface area contributed by atoms with E-state index in [-0.39, 0.29) is 16.8 Å². The van der Waals surface area contributed by atoms with Crippen molar-refractivity contribution in [3.8, 4) is 0 Å². The van der Waals surface area contributed by atoms with Crippen LogP contribution in [0.1, 0.15) is 17.3 Å². The number of fused-ring (bicyclic) bond motifs is 1. The maximum atomic E-state index is 13.6. The van der Waals surface area contributed by atoms with E-state index < -0.39 is 17.6 Å². The molecule has 8 nitrogen and oxygen atoms in total. The minimum atomic E-state index is -0.657. The van der Waals surface area contributed by atoms with E-state index in [0.29, 0.717) is 29.7 Å². The van der Waals surface area contributed by atoms with Gasteiger partial charge in [-0.1, -0.05) is 0 Å². The van der Waals surface area contributed by atoms with Crippen molar-refractivity contribution in [1.82, 2.24) is 9.55 Å². The summed E-state index contributed by atoms with van der Waals surface area (Å²) in [5.41, 5.74) is 0.780. The van der Waals surface area contributed by atoms with Crippen molar-refractivity contribution < 1.29 is 18.7 Å². The molecule has 0 spiro atoms. The van der Waals surface area contributed by atoms with Crippen LogP contribution in [0.5, 0.6) is 0 Å². The van der Waals surface area contributed by atoms with Crippen LogP contribution in [-0.4, -0.2) is 35.1 Å². The minimum absolute atomic E-state index is 0.115. The average Bonchev–Trinajstić information content (AvgIpc) is 2.69. The second-order valence-electron chi connectivity index (χ2n) is 6.30. The second kappa shape index (κ2) is 8.61. The van der Waals surface area contributed by atoms with Crippen molar-refractivity contribution in [2.75, 3.05) is 24.4 Å². The highest BCUT2D eigenvalue weighted by Crippen LogP contribution is 2.17. The lowest BCUT2D eigenvalue weighted by Gasteiger charge is -2.10. The molecule has 2 aromatic carbocycles. The first-order valence-electron chi connectivity index (χ1n) is 8.75. The molecule has 0 radical (unpaired) electrons. The molecule has 2 N–H and O–H groups in total. The zero-order valence-electron chi connectivity index (χ0n) is 15.9. The fourth-order valence-electron chi connectivity index (χ4n) is 2.75. The number of halogens is 1. The van der Waals surface area contributed by atoms with Crippen LogP contribution >= 0.6 is 0 Å². The van der Waals surface area contributed by atoms with Crippen molar-refractivity contribution in [2.24, 2.45) is 0 Å². The summed E-state index contributed by atoms with van der Waals surface area (Å²) in [7, 11) is 1.54. The monoisotopic (exact) mass is 398 g/mol. The Morgan fingerprint density at radius 2 is 1.83 bits per heavy atom. The number of ether oxygens (including phenoxy) is 1. The number of ketones is 1. The van der Waals surface area contributed by atoms with E-state index in [2.05, 4.69) is 15.6 Å². The van der Waals surface area contributed by atoms with Crippen LogP contribution in [0.15, 0.2) is 47.5 Å². The van der Waals surface area contributed by atoms with Gasteiger partial charge in [0, 0.05) is 18.5 Å². The molecule has 2 amide bonds. The third-order valence-electron chi connectivity index (χ3n) is 4.22. The maximum Gasteiger partial charge on any atom is 0.323 e. The number of aromatic nitrogens is 2. The molecule has 0 aliphatic rings. The van der Waals surface area contributed by atoms with Crippen LogP contribution in [0.25, 0.3) is 10.9 Å². The molecule has 0 atom stereocenters. The fraction of sp³-hybridized carbons (Fsp3) is 0.200. The first-order valence-corrected chi connectivity index (χ1v) is 8.75. The van der Waals surface area contributed by atoms with Crippen LogP contribution in [0.4, 0.5) is 20.6 Å². The maximum absolute atomic E-state index is 13.6. The number of carbonyl (C=O) groups is 2. The minimum Gasteiger partial charge on any atom is -0.383 e. The Morgan fingerprint density at radius 1 is 1.14 bits per heavy atom. The molecule has 3 aromatic rings. The highest BCUT2D eigenvalue weighted by Gasteiger charge is 2.11. The normalized spacial score (nSPS) is 10.7. The lowest BCUT2D eigenvalue weighted by molar-refractivity contribution is 0.101. The first kappa shape index (κ1) is 20.2. The van der Waals surface area contributed by atoms with Crippen LogP contribution in [-0.2, 0) is 11.3 Å². The van der Waals surface area contributed by atoms with Crippen LogP contribution < -0.4 is 16.2 Å². The summed E-state index contributed by atoms with van der Waals surface area (Å²) in [5.74, 6) is -1.10. The Labute approximate surface area is 165 Å². The molecular formula is C20H19FN4O4. The highest BCUT2D eigenvalue weighted by atomic mass is 19.1. The van der Waals surface area contributed by atoms with Gasteiger partial charge >= 0.3 is 6.03 Å². The van der Waals surface area contributed by atoms with Gasteiger partial charge in [0.1, 0.15) is 5.82 Å². The van der Waals surface area contributed by atoms with Gasteiger partial charge in [-0.15, -0.1) is 0 Å². The van der Waals surface area contributed by atoms with Crippen LogP contribution in [0.3, 0.4) is 0 Å². The van der Waals surface area contributed by atoms with E-state index >= 15 is 0 Å². The van der Waals surface area contributed by atoms with Gasteiger partial charge in [-0.2, -0.15) is 0 Å². The predicted octanol–water partition coefficient (Wildman–Crippen LogP) is 3.03.